The zero-order chi connectivity index (χ0) is 16.3. The quantitative estimate of drug-likeness (QED) is 0.794. The number of carbonyl (C=O) groups excluding carboxylic acids is 1. The number of amides is 1. The molecule has 0 spiro atoms. The predicted molar refractivity (Wildman–Crippen MR) is 81.3 cm³/mol. The Morgan fingerprint density at radius 3 is 2.59 bits per heavy atom. The number of benzene rings is 1. The van der Waals surface area contributed by atoms with Gasteiger partial charge in [0.25, 0.3) is 5.91 Å². The number of nitrogens with zero attached hydrogens (tertiary/aromatic N) is 1. The molecule has 0 aliphatic rings. The Kier molecular flexibility index (Phi) is 4.85. The highest BCUT2D eigenvalue weighted by Gasteiger charge is 2.15. The molecule has 0 unspecified atom stereocenters. The number of carbonyl (C=O) groups is 2. The molecular formula is C14H10Cl2N2O4. The number of hydrogen-bond donors (Lipinski definition) is 3. The second-order valence-corrected chi connectivity index (χ2v) is 5.14. The molecule has 3 N–H and O–H groups in total. The molecule has 0 radical (unpaired) electrons. The first-order valence-corrected chi connectivity index (χ1v) is 6.78. The van der Waals surface area contributed by atoms with Crippen molar-refractivity contribution in [3.8, 4) is 16.9 Å². The first-order chi connectivity index (χ1) is 10.4. The first-order valence-electron chi connectivity index (χ1n) is 6.03. The SMILES string of the molecule is O=C(O)CNC(=O)c1ncc(-c2cc(Cl)ccc2Cl)cc1O. The molecule has 0 saturated heterocycles. The highest BCUT2D eigenvalue weighted by molar-refractivity contribution is 6.35. The van der Waals surface area contributed by atoms with Crippen molar-refractivity contribution >= 4 is 35.1 Å². The largest absolute Gasteiger partial charge is 0.505 e. The maximum absolute atomic E-state index is 11.7. The maximum Gasteiger partial charge on any atom is 0.322 e. The average Bonchev–Trinajstić information content (AvgIpc) is 2.47. The van der Waals surface area contributed by atoms with Gasteiger partial charge in [0.05, 0.1) is 0 Å². The number of pyridine rings is 1. The Hall–Kier alpha value is -2.31. The molecular weight excluding hydrogens is 331 g/mol. The normalized spacial score (nSPS) is 10.3. The second-order valence-electron chi connectivity index (χ2n) is 4.29. The third-order valence-electron chi connectivity index (χ3n) is 2.72. The van der Waals surface area contributed by atoms with Gasteiger partial charge in [-0.15, -0.1) is 0 Å². The molecule has 1 aromatic carbocycles. The Balaban J connectivity index is 2.32. The smallest absolute Gasteiger partial charge is 0.322 e. The molecule has 114 valence electrons. The van der Waals surface area contributed by atoms with E-state index in [1.165, 1.54) is 12.3 Å². The lowest BCUT2D eigenvalue weighted by molar-refractivity contribution is -0.135. The number of aromatic nitrogens is 1. The molecule has 0 aliphatic carbocycles. The van der Waals surface area contributed by atoms with Crippen LogP contribution >= 0.6 is 23.2 Å². The fourth-order valence-electron chi connectivity index (χ4n) is 1.73. The number of halogens is 2. The molecule has 2 rings (SSSR count). The minimum atomic E-state index is -1.20. The number of aromatic hydroxyl groups is 1. The number of rotatable bonds is 4. The third-order valence-corrected chi connectivity index (χ3v) is 3.29. The van der Waals surface area contributed by atoms with Crippen LogP contribution < -0.4 is 5.32 Å². The van der Waals surface area contributed by atoms with Gasteiger partial charge in [-0.05, 0) is 24.3 Å². The first kappa shape index (κ1) is 16.1. The van der Waals surface area contributed by atoms with E-state index in [0.717, 1.165) is 0 Å². The molecule has 0 fully saturated rings. The second kappa shape index (κ2) is 6.64. The van der Waals surface area contributed by atoms with Crippen LogP contribution in [0.4, 0.5) is 0 Å². The average molecular weight is 341 g/mol. The van der Waals surface area contributed by atoms with Crippen molar-refractivity contribution in [2.45, 2.75) is 0 Å². The fourth-order valence-corrected chi connectivity index (χ4v) is 2.13. The van der Waals surface area contributed by atoms with E-state index in [2.05, 4.69) is 10.3 Å². The van der Waals surface area contributed by atoms with Crippen LogP contribution in [0.1, 0.15) is 10.5 Å². The van der Waals surface area contributed by atoms with E-state index < -0.39 is 24.2 Å². The summed E-state index contributed by atoms with van der Waals surface area (Å²) >= 11 is 12.0. The van der Waals surface area contributed by atoms with E-state index in [9.17, 15) is 14.7 Å². The Morgan fingerprint density at radius 1 is 1.23 bits per heavy atom. The lowest BCUT2D eigenvalue weighted by atomic mass is 10.1. The van der Waals surface area contributed by atoms with Crippen LogP contribution in [0.5, 0.6) is 5.75 Å². The van der Waals surface area contributed by atoms with E-state index >= 15 is 0 Å². The molecule has 0 aliphatic heterocycles. The van der Waals surface area contributed by atoms with Crippen molar-refractivity contribution in [2.75, 3.05) is 6.54 Å². The highest BCUT2D eigenvalue weighted by Crippen LogP contribution is 2.32. The zero-order valence-electron chi connectivity index (χ0n) is 11.0. The maximum atomic E-state index is 11.7. The van der Waals surface area contributed by atoms with Gasteiger partial charge in [0.2, 0.25) is 0 Å². The van der Waals surface area contributed by atoms with Gasteiger partial charge in [0.15, 0.2) is 5.69 Å². The molecule has 2 aromatic rings. The third kappa shape index (κ3) is 3.66. The minimum Gasteiger partial charge on any atom is -0.505 e. The van der Waals surface area contributed by atoms with E-state index in [1.54, 1.807) is 18.2 Å². The van der Waals surface area contributed by atoms with Crippen LogP contribution in [0.3, 0.4) is 0 Å². The number of aliphatic carboxylic acids is 1. The summed E-state index contributed by atoms with van der Waals surface area (Å²) < 4.78 is 0. The number of nitrogens with one attached hydrogen (secondary N) is 1. The van der Waals surface area contributed by atoms with Crippen LogP contribution in [0, 0.1) is 0 Å². The molecule has 6 nitrogen and oxygen atoms in total. The summed E-state index contributed by atoms with van der Waals surface area (Å²) in [4.78, 5) is 25.9. The molecule has 1 amide bonds. The van der Waals surface area contributed by atoms with Crippen LogP contribution in [0.2, 0.25) is 10.0 Å². The van der Waals surface area contributed by atoms with Gasteiger partial charge < -0.3 is 15.5 Å². The Morgan fingerprint density at radius 2 is 1.95 bits per heavy atom. The summed E-state index contributed by atoms with van der Waals surface area (Å²) in [6.07, 6.45) is 1.34. The molecule has 22 heavy (non-hydrogen) atoms. The van der Waals surface area contributed by atoms with E-state index in [4.69, 9.17) is 28.3 Å². The monoisotopic (exact) mass is 340 g/mol. The predicted octanol–water partition coefficient (Wildman–Crippen LogP) is 2.58. The van der Waals surface area contributed by atoms with Gasteiger partial charge >= 0.3 is 5.97 Å². The zero-order valence-corrected chi connectivity index (χ0v) is 12.5. The lowest BCUT2D eigenvalue weighted by Crippen LogP contribution is -2.29. The van der Waals surface area contributed by atoms with Crippen LogP contribution in [0.25, 0.3) is 11.1 Å². The standard InChI is InChI=1S/C14H10Cl2N2O4/c15-8-1-2-10(16)9(4-8)7-3-11(19)13(17-5-7)14(22)18-6-12(20)21/h1-5,19H,6H2,(H,18,22)(H,20,21). The number of hydrogen-bond acceptors (Lipinski definition) is 4. The molecule has 1 aromatic heterocycles. The van der Waals surface area contributed by atoms with Crippen molar-refractivity contribution < 1.29 is 19.8 Å². The minimum absolute atomic E-state index is 0.275. The van der Waals surface area contributed by atoms with E-state index in [1.807, 2.05) is 0 Å². The van der Waals surface area contributed by atoms with Gasteiger partial charge in [-0.1, -0.05) is 23.2 Å². The van der Waals surface area contributed by atoms with Crippen molar-refractivity contribution in [3.63, 3.8) is 0 Å². The molecule has 0 bridgehead atoms. The van der Waals surface area contributed by atoms with Crippen molar-refractivity contribution in [1.82, 2.24) is 10.3 Å². The summed E-state index contributed by atoms with van der Waals surface area (Å²) in [7, 11) is 0. The summed E-state index contributed by atoms with van der Waals surface area (Å²) in [5.41, 5.74) is 0.748. The number of carboxylic acid groups (broad SMARTS) is 1. The molecule has 8 heteroatoms. The van der Waals surface area contributed by atoms with Gasteiger partial charge in [-0.25, -0.2) is 4.98 Å². The summed E-state index contributed by atoms with van der Waals surface area (Å²) in [5, 5.41) is 21.4. The van der Waals surface area contributed by atoms with Crippen LogP contribution in [0.15, 0.2) is 30.5 Å². The van der Waals surface area contributed by atoms with E-state index in [-0.39, 0.29) is 5.69 Å². The fraction of sp³-hybridized carbons (Fsp3) is 0.0714. The van der Waals surface area contributed by atoms with Crippen LogP contribution in [-0.4, -0.2) is 33.6 Å². The lowest BCUT2D eigenvalue weighted by Gasteiger charge is -2.08. The van der Waals surface area contributed by atoms with Crippen LogP contribution in [-0.2, 0) is 4.79 Å². The number of carboxylic acids is 1. The van der Waals surface area contributed by atoms with Gasteiger partial charge in [0, 0.05) is 27.4 Å². The van der Waals surface area contributed by atoms with Gasteiger partial charge in [-0.2, -0.15) is 0 Å². The van der Waals surface area contributed by atoms with Crippen molar-refractivity contribution in [1.29, 1.82) is 0 Å². The van der Waals surface area contributed by atoms with E-state index in [0.29, 0.717) is 21.2 Å². The molecule has 1 heterocycles. The Bertz CT molecular complexity index is 750. The van der Waals surface area contributed by atoms with Gasteiger partial charge in [0.1, 0.15) is 12.3 Å². The van der Waals surface area contributed by atoms with Crippen molar-refractivity contribution in [3.05, 3.63) is 46.2 Å². The molecule has 0 saturated carbocycles. The summed E-state index contributed by atoms with van der Waals surface area (Å²) in [5.74, 6) is -2.38. The van der Waals surface area contributed by atoms with Gasteiger partial charge in [-0.3, -0.25) is 9.59 Å². The topological polar surface area (TPSA) is 99.5 Å². The van der Waals surface area contributed by atoms with Crippen molar-refractivity contribution in [2.24, 2.45) is 0 Å². The Labute approximate surface area is 135 Å². The molecule has 0 atom stereocenters. The summed E-state index contributed by atoms with van der Waals surface area (Å²) in [6, 6.07) is 6.13. The highest BCUT2D eigenvalue weighted by atomic mass is 35.5. The summed E-state index contributed by atoms with van der Waals surface area (Å²) in [6.45, 7) is -0.568.